The molecule has 0 atom stereocenters. The summed E-state index contributed by atoms with van der Waals surface area (Å²) in [6, 6.07) is 1.80. The molecule has 2 aromatic heterocycles. The van der Waals surface area contributed by atoms with Crippen molar-refractivity contribution >= 4 is 18.0 Å². The second-order valence-electron chi connectivity index (χ2n) is 4.01. The van der Waals surface area contributed by atoms with Gasteiger partial charge in [-0.2, -0.15) is 4.98 Å². The molecule has 5 heteroatoms. The maximum Gasteiger partial charge on any atom is 0.251 e. The molecule has 1 N–H and O–H groups in total. The van der Waals surface area contributed by atoms with Crippen molar-refractivity contribution in [1.82, 2.24) is 19.6 Å². The van der Waals surface area contributed by atoms with Crippen LogP contribution in [0.1, 0.15) is 37.4 Å². The third-order valence-corrected chi connectivity index (χ3v) is 3.33. The molecule has 0 unspecified atom stereocenters. The zero-order valence-corrected chi connectivity index (χ0v) is 9.13. The SMILES string of the molecule is S=c1ccnc2nc(C3CCCC3)[nH]n12. The Kier molecular flexibility index (Phi) is 2.05. The Morgan fingerprint density at radius 1 is 1.40 bits per heavy atom. The highest BCUT2D eigenvalue weighted by atomic mass is 32.1. The predicted octanol–water partition coefficient (Wildman–Crippen LogP) is 2.44. The largest absolute Gasteiger partial charge is 0.277 e. The molecule has 2 aromatic rings. The van der Waals surface area contributed by atoms with Crippen LogP contribution in [0.25, 0.3) is 5.78 Å². The van der Waals surface area contributed by atoms with Gasteiger partial charge in [0.1, 0.15) is 10.5 Å². The number of rotatable bonds is 1. The second kappa shape index (κ2) is 3.41. The second-order valence-corrected chi connectivity index (χ2v) is 4.43. The van der Waals surface area contributed by atoms with Crippen molar-refractivity contribution < 1.29 is 0 Å². The lowest BCUT2D eigenvalue weighted by atomic mass is 10.1. The topological polar surface area (TPSA) is 46.0 Å². The van der Waals surface area contributed by atoms with E-state index in [1.807, 2.05) is 0 Å². The van der Waals surface area contributed by atoms with Crippen LogP contribution in [0.4, 0.5) is 0 Å². The summed E-state index contributed by atoms with van der Waals surface area (Å²) in [6.07, 6.45) is 6.78. The Bertz CT molecular complexity index is 536. The van der Waals surface area contributed by atoms with Crippen LogP contribution < -0.4 is 0 Å². The fourth-order valence-corrected chi connectivity index (χ4v) is 2.40. The van der Waals surface area contributed by atoms with Crippen LogP contribution in [-0.4, -0.2) is 19.6 Å². The van der Waals surface area contributed by atoms with E-state index in [-0.39, 0.29) is 0 Å². The molecule has 2 heterocycles. The van der Waals surface area contributed by atoms with Gasteiger partial charge in [-0.1, -0.05) is 25.1 Å². The van der Waals surface area contributed by atoms with Crippen molar-refractivity contribution in [2.24, 2.45) is 0 Å². The number of H-pyrrole nitrogens is 1. The summed E-state index contributed by atoms with van der Waals surface area (Å²) in [5, 5.41) is 3.24. The van der Waals surface area contributed by atoms with Crippen LogP contribution in [0.15, 0.2) is 12.3 Å². The predicted molar refractivity (Wildman–Crippen MR) is 59.4 cm³/mol. The molecule has 1 aliphatic carbocycles. The van der Waals surface area contributed by atoms with Gasteiger partial charge in [0.15, 0.2) is 0 Å². The van der Waals surface area contributed by atoms with Crippen molar-refractivity contribution in [3.05, 3.63) is 22.7 Å². The van der Waals surface area contributed by atoms with Gasteiger partial charge in [0.2, 0.25) is 0 Å². The van der Waals surface area contributed by atoms with E-state index in [9.17, 15) is 0 Å². The summed E-state index contributed by atoms with van der Waals surface area (Å²) in [5.74, 6) is 2.29. The number of hydrogen-bond acceptors (Lipinski definition) is 3. The molecule has 0 saturated heterocycles. The monoisotopic (exact) mass is 220 g/mol. The van der Waals surface area contributed by atoms with Crippen molar-refractivity contribution in [1.29, 1.82) is 0 Å². The van der Waals surface area contributed by atoms with Gasteiger partial charge in [-0.25, -0.2) is 9.50 Å². The van der Waals surface area contributed by atoms with Gasteiger partial charge in [0, 0.05) is 12.1 Å². The zero-order valence-electron chi connectivity index (χ0n) is 8.31. The molecule has 0 radical (unpaired) electrons. The molecule has 4 nitrogen and oxygen atoms in total. The smallest absolute Gasteiger partial charge is 0.251 e. The minimum atomic E-state index is 0.570. The normalized spacial score (nSPS) is 17.6. The van der Waals surface area contributed by atoms with Gasteiger partial charge in [0.05, 0.1) is 0 Å². The van der Waals surface area contributed by atoms with Crippen LogP contribution >= 0.6 is 12.2 Å². The minimum absolute atomic E-state index is 0.570. The molecule has 0 spiro atoms. The van der Waals surface area contributed by atoms with E-state index in [2.05, 4.69) is 15.1 Å². The maximum absolute atomic E-state index is 5.19. The van der Waals surface area contributed by atoms with Gasteiger partial charge in [0.25, 0.3) is 5.78 Å². The molecular weight excluding hydrogens is 208 g/mol. The van der Waals surface area contributed by atoms with E-state index in [1.54, 1.807) is 16.8 Å². The highest BCUT2D eigenvalue weighted by Crippen LogP contribution is 2.32. The summed E-state index contributed by atoms with van der Waals surface area (Å²) >= 11 is 5.19. The first-order chi connectivity index (χ1) is 7.34. The van der Waals surface area contributed by atoms with Crippen molar-refractivity contribution in [2.75, 3.05) is 0 Å². The van der Waals surface area contributed by atoms with Crippen LogP contribution in [-0.2, 0) is 0 Å². The summed E-state index contributed by atoms with van der Waals surface area (Å²) in [5.41, 5.74) is 0. The standard InChI is InChI=1S/C10H12N4S/c15-8-5-6-11-10-12-9(13-14(8)10)7-3-1-2-4-7/h5-7H,1-4H2,(H,11,12,13). The molecule has 0 aliphatic heterocycles. The van der Waals surface area contributed by atoms with Gasteiger partial charge >= 0.3 is 0 Å². The Labute approximate surface area is 92.4 Å². The molecule has 0 amide bonds. The molecule has 1 aliphatic rings. The first-order valence-electron chi connectivity index (χ1n) is 5.28. The van der Waals surface area contributed by atoms with E-state index in [1.165, 1.54) is 25.7 Å². The van der Waals surface area contributed by atoms with E-state index in [0.29, 0.717) is 11.7 Å². The number of fused-ring (bicyclic) bond motifs is 1. The number of aromatic nitrogens is 4. The zero-order chi connectivity index (χ0) is 10.3. The first-order valence-corrected chi connectivity index (χ1v) is 5.69. The lowest BCUT2D eigenvalue weighted by Crippen LogP contribution is -1.96. The summed E-state index contributed by atoms with van der Waals surface area (Å²) < 4.78 is 2.51. The van der Waals surface area contributed by atoms with E-state index in [4.69, 9.17) is 12.2 Å². The van der Waals surface area contributed by atoms with Crippen LogP contribution in [0, 0.1) is 4.64 Å². The van der Waals surface area contributed by atoms with Crippen LogP contribution in [0.2, 0.25) is 0 Å². The Hall–Kier alpha value is -1.23. The molecule has 1 fully saturated rings. The summed E-state index contributed by atoms with van der Waals surface area (Å²) in [7, 11) is 0. The number of nitrogens with zero attached hydrogens (tertiary/aromatic N) is 3. The molecule has 3 rings (SSSR count). The molecule has 0 bridgehead atoms. The fourth-order valence-electron chi connectivity index (χ4n) is 2.21. The Morgan fingerprint density at radius 2 is 2.20 bits per heavy atom. The third-order valence-electron chi connectivity index (χ3n) is 3.02. The summed E-state index contributed by atoms with van der Waals surface area (Å²) in [4.78, 5) is 8.67. The molecule has 78 valence electrons. The molecule has 15 heavy (non-hydrogen) atoms. The van der Waals surface area contributed by atoms with E-state index in [0.717, 1.165) is 10.5 Å². The van der Waals surface area contributed by atoms with E-state index >= 15 is 0 Å². The molecular formula is C10H12N4S. The van der Waals surface area contributed by atoms with Crippen molar-refractivity contribution in [2.45, 2.75) is 31.6 Å². The van der Waals surface area contributed by atoms with Crippen molar-refractivity contribution in [3.8, 4) is 0 Å². The molecule has 0 aromatic carbocycles. The van der Waals surface area contributed by atoms with Crippen molar-refractivity contribution in [3.63, 3.8) is 0 Å². The van der Waals surface area contributed by atoms with E-state index < -0.39 is 0 Å². The number of hydrogen-bond donors (Lipinski definition) is 1. The minimum Gasteiger partial charge on any atom is -0.277 e. The molecule has 1 saturated carbocycles. The quantitative estimate of drug-likeness (QED) is 0.751. The highest BCUT2D eigenvalue weighted by Gasteiger charge is 2.20. The lowest BCUT2D eigenvalue weighted by Gasteiger charge is -2.01. The summed E-state index contributed by atoms with van der Waals surface area (Å²) in [6.45, 7) is 0. The average molecular weight is 220 g/mol. The average Bonchev–Trinajstić information content (AvgIpc) is 2.86. The fraction of sp³-hybridized carbons (Fsp3) is 0.500. The highest BCUT2D eigenvalue weighted by molar-refractivity contribution is 7.71. The lowest BCUT2D eigenvalue weighted by molar-refractivity contribution is 0.665. The van der Waals surface area contributed by atoms with Crippen LogP contribution in [0.5, 0.6) is 0 Å². The Morgan fingerprint density at radius 3 is 2.93 bits per heavy atom. The Balaban J connectivity index is 2.13. The van der Waals surface area contributed by atoms with Gasteiger partial charge in [-0.15, -0.1) is 0 Å². The van der Waals surface area contributed by atoms with Gasteiger partial charge in [-0.05, 0) is 18.9 Å². The van der Waals surface area contributed by atoms with Gasteiger partial charge in [-0.3, -0.25) is 5.10 Å². The van der Waals surface area contributed by atoms with Gasteiger partial charge < -0.3 is 0 Å². The first kappa shape index (κ1) is 9.03. The number of aromatic amines is 1. The third kappa shape index (κ3) is 1.47. The number of nitrogens with one attached hydrogen (secondary N) is 1. The van der Waals surface area contributed by atoms with Crippen LogP contribution in [0.3, 0.4) is 0 Å². The maximum atomic E-state index is 5.19.